The van der Waals surface area contributed by atoms with Crippen molar-refractivity contribution in [3.05, 3.63) is 0 Å². The van der Waals surface area contributed by atoms with Crippen molar-refractivity contribution in [3.63, 3.8) is 0 Å². The van der Waals surface area contributed by atoms with Gasteiger partial charge in [0.25, 0.3) is 0 Å². The van der Waals surface area contributed by atoms with Crippen LogP contribution < -0.4 is 15.5 Å². The minimum absolute atomic E-state index is 0.144. The van der Waals surface area contributed by atoms with Crippen molar-refractivity contribution in [2.75, 3.05) is 36.9 Å². The quantitative estimate of drug-likeness (QED) is 0.829. The third-order valence-electron chi connectivity index (χ3n) is 3.60. The number of aromatic nitrogens is 3. The molecule has 2 fully saturated rings. The molecular weight excluding hydrogens is 272 g/mol. The molecule has 1 saturated carbocycles. The summed E-state index contributed by atoms with van der Waals surface area (Å²) in [4.78, 5) is 19.8. The second-order valence-corrected chi connectivity index (χ2v) is 5.19. The van der Waals surface area contributed by atoms with Crippen LogP contribution in [0.2, 0.25) is 0 Å². The summed E-state index contributed by atoms with van der Waals surface area (Å²) >= 11 is 0. The van der Waals surface area contributed by atoms with Crippen LogP contribution in [0.15, 0.2) is 5.16 Å². The smallest absolute Gasteiger partial charge is 0.352 e. The van der Waals surface area contributed by atoms with Crippen molar-refractivity contribution in [2.24, 2.45) is 5.16 Å². The zero-order chi connectivity index (χ0) is 14.5. The van der Waals surface area contributed by atoms with E-state index in [1.54, 1.807) is 0 Å². The molecule has 1 saturated heterocycles. The molecule has 0 bridgehead atoms. The van der Waals surface area contributed by atoms with Gasteiger partial charge in [-0.05, 0) is 25.7 Å². The molecule has 2 aliphatic rings. The molecule has 0 amide bonds. The van der Waals surface area contributed by atoms with Crippen LogP contribution in [0.3, 0.4) is 0 Å². The molecule has 0 atom stereocenters. The third kappa shape index (κ3) is 3.78. The highest BCUT2D eigenvalue weighted by Crippen LogP contribution is 2.17. The molecule has 21 heavy (non-hydrogen) atoms. The summed E-state index contributed by atoms with van der Waals surface area (Å²) in [5.41, 5.74) is 6.79. The fourth-order valence-electron chi connectivity index (χ4n) is 2.46. The number of hydrogen-bond acceptors (Lipinski definition) is 8. The minimum Gasteiger partial charge on any atom is -0.378 e. The van der Waals surface area contributed by atoms with E-state index in [0.717, 1.165) is 31.6 Å². The monoisotopic (exact) mass is 292 g/mol. The molecule has 1 aromatic rings. The highest BCUT2D eigenvalue weighted by Gasteiger charge is 2.16. The molecule has 8 heteroatoms. The summed E-state index contributed by atoms with van der Waals surface area (Å²) in [7, 11) is 0. The third-order valence-corrected chi connectivity index (χ3v) is 3.60. The van der Waals surface area contributed by atoms with Gasteiger partial charge in [0.2, 0.25) is 11.9 Å². The number of oxime groups is 1. The van der Waals surface area contributed by atoms with E-state index in [2.05, 4.69) is 20.1 Å². The number of nitrogens with two attached hydrogens (primary N) is 1. The SMILES string of the molecule is Nc1nc(ON=C2CCCCC2)nc(N2CCOCC2)n1. The molecule has 1 aromatic heterocycles. The van der Waals surface area contributed by atoms with E-state index in [0.29, 0.717) is 19.2 Å². The van der Waals surface area contributed by atoms with Crippen molar-refractivity contribution in [3.8, 4) is 6.01 Å². The fourth-order valence-corrected chi connectivity index (χ4v) is 2.46. The summed E-state index contributed by atoms with van der Waals surface area (Å²) in [5.74, 6) is 0.662. The molecule has 0 radical (unpaired) electrons. The summed E-state index contributed by atoms with van der Waals surface area (Å²) in [6, 6.07) is 0.155. The Morgan fingerprint density at radius 2 is 1.81 bits per heavy atom. The van der Waals surface area contributed by atoms with Crippen LogP contribution in [0.25, 0.3) is 0 Å². The van der Waals surface area contributed by atoms with Gasteiger partial charge >= 0.3 is 6.01 Å². The molecule has 0 unspecified atom stereocenters. The van der Waals surface area contributed by atoms with Crippen molar-refractivity contribution in [1.82, 2.24) is 15.0 Å². The van der Waals surface area contributed by atoms with Crippen molar-refractivity contribution >= 4 is 17.6 Å². The highest BCUT2D eigenvalue weighted by atomic mass is 16.6. The van der Waals surface area contributed by atoms with Crippen molar-refractivity contribution < 1.29 is 9.57 Å². The van der Waals surface area contributed by atoms with Crippen LogP contribution in [0.5, 0.6) is 6.01 Å². The van der Waals surface area contributed by atoms with E-state index >= 15 is 0 Å². The van der Waals surface area contributed by atoms with E-state index in [9.17, 15) is 0 Å². The van der Waals surface area contributed by atoms with E-state index in [4.69, 9.17) is 15.3 Å². The number of morpholine rings is 1. The van der Waals surface area contributed by atoms with Crippen LogP contribution >= 0.6 is 0 Å². The topological polar surface area (TPSA) is 98.8 Å². The predicted octanol–water partition coefficient (Wildman–Crippen LogP) is 0.989. The Bertz CT molecular complexity index is 507. The van der Waals surface area contributed by atoms with Crippen molar-refractivity contribution in [2.45, 2.75) is 32.1 Å². The van der Waals surface area contributed by atoms with Gasteiger partial charge in [0.1, 0.15) is 0 Å². The maximum atomic E-state index is 5.73. The number of hydrogen-bond donors (Lipinski definition) is 1. The Labute approximate surface area is 123 Å². The maximum Gasteiger partial charge on any atom is 0.352 e. The molecule has 2 heterocycles. The zero-order valence-corrected chi connectivity index (χ0v) is 12.0. The van der Waals surface area contributed by atoms with Gasteiger partial charge in [-0.15, -0.1) is 0 Å². The molecular formula is C13H20N6O2. The van der Waals surface area contributed by atoms with Gasteiger partial charge in [0, 0.05) is 13.1 Å². The summed E-state index contributed by atoms with van der Waals surface area (Å²) in [6.07, 6.45) is 5.56. The Hall–Kier alpha value is -1.96. The molecule has 3 rings (SSSR count). The van der Waals surface area contributed by atoms with E-state index < -0.39 is 0 Å². The number of anilines is 2. The molecule has 0 aromatic carbocycles. The largest absolute Gasteiger partial charge is 0.378 e. The number of ether oxygens (including phenoxy) is 1. The lowest BCUT2D eigenvalue weighted by Crippen LogP contribution is -2.37. The summed E-state index contributed by atoms with van der Waals surface area (Å²) in [6.45, 7) is 2.78. The van der Waals surface area contributed by atoms with Gasteiger partial charge in [-0.1, -0.05) is 11.6 Å². The normalized spacial score (nSPS) is 19.4. The van der Waals surface area contributed by atoms with Crippen LogP contribution in [0.4, 0.5) is 11.9 Å². The number of nitrogens with zero attached hydrogens (tertiary/aromatic N) is 5. The highest BCUT2D eigenvalue weighted by molar-refractivity contribution is 5.84. The second-order valence-electron chi connectivity index (χ2n) is 5.19. The lowest BCUT2D eigenvalue weighted by Gasteiger charge is -2.26. The Balaban J connectivity index is 1.71. The predicted molar refractivity (Wildman–Crippen MR) is 78.4 cm³/mol. The van der Waals surface area contributed by atoms with Crippen LogP contribution in [0, 0.1) is 0 Å². The fraction of sp³-hybridized carbons (Fsp3) is 0.692. The standard InChI is InChI=1S/C13H20N6O2/c14-11-15-12(19-6-8-20-9-7-19)17-13(16-11)21-18-10-4-2-1-3-5-10/h1-9H2,(H2,14,15,16,17). The first-order valence-corrected chi connectivity index (χ1v) is 7.38. The first-order valence-electron chi connectivity index (χ1n) is 7.38. The Kier molecular flexibility index (Phi) is 4.44. The van der Waals surface area contributed by atoms with E-state index in [1.165, 1.54) is 19.3 Å². The first-order chi connectivity index (χ1) is 10.3. The first kappa shape index (κ1) is 14.0. The van der Waals surface area contributed by atoms with E-state index in [-0.39, 0.29) is 12.0 Å². The van der Waals surface area contributed by atoms with Gasteiger partial charge in [-0.3, -0.25) is 0 Å². The molecule has 0 spiro atoms. The average Bonchev–Trinajstić information content (AvgIpc) is 2.54. The van der Waals surface area contributed by atoms with Crippen molar-refractivity contribution in [1.29, 1.82) is 0 Å². The summed E-state index contributed by atoms with van der Waals surface area (Å²) in [5, 5.41) is 4.15. The minimum atomic E-state index is 0.144. The molecule has 1 aliphatic carbocycles. The van der Waals surface area contributed by atoms with Crippen LogP contribution in [-0.2, 0) is 4.74 Å². The van der Waals surface area contributed by atoms with Gasteiger partial charge < -0.3 is 20.2 Å². The molecule has 1 aliphatic heterocycles. The maximum absolute atomic E-state index is 5.73. The summed E-state index contributed by atoms with van der Waals surface area (Å²) < 4.78 is 5.31. The van der Waals surface area contributed by atoms with Gasteiger partial charge in [0.15, 0.2) is 0 Å². The number of nitrogen functional groups attached to an aromatic ring is 1. The molecule has 2 N–H and O–H groups in total. The lowest BCUT2D eigenvalue weighted by molar-refractivity contribution is 0.122. The molecule has 114 valence electrons. The lowest BCUT2D eigenvalue weighted by atomic mass is 9.99. The Morgan fingerprint density at radius 1 is 1.05 bits per heavy atom. The van der Waals surface area contributed by atoms with Gasteiger partial charge in [-0.25, -0.2) is 0 Å². The van der Waals surface area contributed by atoms with Gasteiger partial charge in [-0.2, -0.15) is 15.0 Å². The number of rotatable bonds is 3. The average molecular weight is 292 g/mol. The second kappa shape index (κ2) is 6.66. The molecule has 8 nitrogen and oxygen atoms in total. The van der Waals surface area contributed by atoms with Gasteiger partial charge in [0.05, 0.1) is 18.9 Å². The van der Waals surface area contributed by atoms with Crippen LogP contribution in [-0.4, -0.2) is 47.0 Å². The van der Waals surface area contributed by atoms with E-state index in [1.807, 2.05) is 4.90 Å². The zero-order valence-electron chi connectivity index (χ0n) is 12.0. The Morgan fingerprint density at radius 3 is 2.57 bits per heavy atom. The van der Waals surface area contributed by atoms with Crippen LogP contribution in [0.1, 0.15) is 32.1 Å².